The summed E-state index contributed by atoms with van der Waals surface area (Å²) >= 11 is 0. The van der Waals surface area contributed by atoms with Gasteiger partial charge < -0.3 is 14.2 Å². The van der Waals surface area contributed by atoms with Crippen molar-refractivity contribution in [3.05, 3.63) is 58.7 Å². The normalized spacial score (nSPS) is 16.5. The van der Waals surface area contributed by atoms with Gasteiger partial charge in [0.15, 0.2) is 23.0 Å². The van der Waals surface area contributed by atoms with E-state index in [2.05, 4.69) is 19.6 Å². The number of fused-ring (bicyclic) bond motifs is 2. The number of hydrogen-bond donors (Lipinski definition) is 0. The summed E-state index contributed by atoms with van der Waals surface area (Å²) in [6, 6.07) is 6.21. The first-order valence-electron chi connectivity index (χ1n) is 9.97. The van der Waals surface area contributed by atoms with Crippen LogP contribution in [0.2, 0.25) is 0 Å². The summed E-state index contributed by atoms with van der Waals surface area (Å²) in [5.74, 6) is -1.53. The third kappa shape index (κ3) is 4.05. The van der Waals surface area contributed by atoms with Crippen LogP contribution in [0, 0.1) is 5.82 Å². The fourth-order valence-electron chi connectivity index (χ4n) is 3.89. The molecule has 2 aliphatic rings. The highest BCUT2D eigenvalue weighted by molar-refractivity contribution is 5.46. The predicted molar refractivity (Wildman–Crippen MR) is 99.9 cm³/mol. The van der Waals surface area contributed by atoms with E-state index in [1.54, 1.807) is 0 Å². The van der Waals surface area contributed by atoms with Gasteiger partial charge >= 0.3 is 12.5 Å². The zero-order valence-corrected chi connectivity index (χ0v) is 16.8. The third-order valence-corrected chi connectivity index (χ3v) is 5.32. The fourth-order valence-corrected chi connectivity index (χ4v) is 3.89. The van der Waals surface area contributed by atoms with E-state index in [1.807, 2.05) is 0 Å². The summed E-state index contributed by atoms with van der Waals surface area (Å²) in [5, 5.41) is 3.77. The van der Waals surface area contributed by atoms with E-state index in [-0.39, 0.29) is 35.0 Å². The van der Waals surface area contributed by atoms with E-state index in [1.165, 1.54) is 18.2 Å². The lowest BCUT2D eigenvalue weighted by atomic mass is 9.95. The SMILES string of the molecule is Fc1cc2c(cc1COc1cccc(-n3nc(C(F)(F)F)c4c3CCCC4)n1)OC(F)(F)O2. The first-order chi connectivity index (χ1) is 15.6. The van der Waals surface area contributed by atoms with Gasteiger partial charge in [0.2, 0.25) is 5.88 Å². The van der Waals surface area contributed by atoms with Crippen molar-refractivity contribution < 1.29 is 40.6 Å². The monoisotopic (exact) mass is 471 g/mol. The standard InChI is InChI=1S/C21H15F6N3O3/c22-13-9-16-15(32-21(26,27)33-16)8-11(13)10-31-18-7-3-6-17(28-18)30-14-5-2-1-4-12(14)19(29-30)20(23,24)25/h3,6-9H,1-2,4-5,10H2. The highest BCUT2D eigenvalue weighted by Crippen LogP contribution is 2.42. The molecule has 174 valence electrons. The Balaban J connectivity index is 1.40. The quantitative estimate of drug-likeness (QED) is 0.490. The summed E-state index contributed by atoms with van der Waals surface area (Å²) in [6.07, 6.45) is -6.39. The topological polar surface area (TPSA) is 58.4 Å². The second-order valence-electron chi connectivity index (χ2n) is 7.57. The zero-order valence-electron chi connectivity index (χ0n) is 16.8. The van der Waals surface area contributed by atoms with Crippen LogP contribution in [0.4, 0.5) is 26.3 Å². The van der Waals surface area contributed by atoms with Crippen molar-refractivity contribution >= 4 is 0 Å². The van der Waals surface area contributed by atoms with Crippen LogP contribution in [0.15, 0.2) is 30.3 Å². The van der Waals surface area contributed by atoms with Gasteiger partial charge in [-0.05, 0) is 37.8 Å². The van der Waals surface area contributed by atoms with Crippen molar-refractivity contribution in [2.45, 2.75) is 44.8 Å². The minimum absolute atomic E-state index is 0.0106. The Morgan fingerprint density at radius 1 is 1.06 bits per heavy atom. The lowest BCUT2D eigenvalue weighted by Gasteiger charge is -2.14. The molecule has 3 heterocycles. The second kappa shape index (κ2) is 7.56. The first kappa shape index (κ1) is 21.4. The molecule has 0 bridgehead atoms. The highest BCUT2D eigenvalue weighted by Gasteiger charge is 2.44. The maximum atomic E-state index is 14.2. The summed E-state index contributed by atoms with van der Waals surface area (Å²) in [7, 11) is 0. The number of pyridine rings is 1. The van der Waals surface area contributed by atoms with E-state index < -0.39 is 36.3 Å². The van der Waals surface area contributed by atoms with Gasteiger partial charge in [0.05, 0.1) is 0 Å². The number of aromatic nitrogens is 3. The number of ether oxygens (including phenoxy) is 3. The molecular formula is C21H15F6N3O3. The average Bonchev–Trinajstić information content (AvgIpc) is 3.28. The molecule has 0 atom stereocenters. The molecule has 0 saturated heterocycles. The molecule has 3 aromatic rings. The fraction of sp³-hybridized carbons (Fsp3) is 0.333. The molecule has 2 aromatic heterocycles. The molecule has 1 aliphatic heterocycles. The number of alkyl halides is 5. The lowest BCUT2D eigenvalue weighted by Crippen LogP contribution is -2.25. The van der Waals surface area contributed by atoms with E-state index in [0.717, 1.165) is 23.2 Å². The number of nitrogens with zero attached hydrogens (tertiary/aromatic N) is 3. The van der Waals surface area contributed by atoms with Crippen molar-refractivity contribution in [3.8, 4) is 23.2 Å². The van der Waals surface area contributed by atoms with Crippen molar-refractivity contribution in [2.75, 3.05) is 0 Å². The number of rotatable bonds is 4. The summed E-state index contributed by atoms with van der Waals surface area (Å²) in [6.45, 7) is -0.393. The predicted octanol–water partition coefficient (Wildman–Crippen LogP) is 5.20. The molecule has 1 aromatic carbocycles. The molecule has 0 amide bonds. The van der Waals surface area contributed by atoms with Gasteiger partial charge in [-0.1, -0.05) is 6.07 Å². The smallest absolute Gasteiger partial charge is 0.473 e. The molecule has 0 spiro atoms. The minimum atomic E-state index is -4.59. The molecular weight excluding hydrogens is 456 g/mol. The number of hydrogen-bond acceptors (Lipinski definition) is 5. The van der Waals surface area contributed by atoms with Crippen LogP contribution >= 0.6 is 0 Å². The molecule has 0 radical (unpaired) electrons. The Bertz CT molecular complexity index is 1220. The molecule has 33 heavy (non-hydrogen) atoms. The van der Waals surface area contributed by atoms with Crippen molar-refractivity contribution in [1.29, 1.82) is 0 Å². The maximum Gasteiger partial charge on any atom is 0.586 e. The molecule has 6 nitrogen and oxygen atoms in total. The van der Waals surface area contributed by atoms with E-state index in [4.69, 9.17) is 4.74 Å². The Morgan fingerprint density at radius 3 is 2.55 bits per heavy atom. The van der Waals surface area contributed by atoms with Gasteiger partial charge in [0.1, 0.15) is 12.4 Å². The Hall–Kier alpha value is -3.44. The number of halogens is 6. The lowest BCUT2D eigenvalue weighted by molar-refractivity contribution is -0.286. The molecule has 0 saturated carbocycles. The van der Waals surface area contributed by atoms with Crippen LogP contribution in [-0.4, -0.2) is 21.1 Å². The molecule has 5 rings (SSSR count). The molecule has 12 heteroatoms. The van der Waals surface area contributed by atoms with Gasteiger partial charge in [-0.2, -0.15) is 23.3 Å². The molecule has 0 fully saturated rings. The van der Waals surface area contributed by atoms with E-state index in [0.29, 0.717) is 18.5 Å². The maximum absolute atomic E-state index is 14.2. The van der Waals surface area contributed by atoms with Gasteiger partial charge in [-0.3, -0.25) is 0 Å². The van der Waals surface area contributed by atoms with Gasteiger partial charge in [-0.15, -0.1) is 8.78 Å². The molecule has 0 N–H and O–H groups in total. The second-order valence-corrected chi connectivity index (χ2v) is 7.57. The molecule has 0 unspecified atom stereocenters. The van der Waals surface area contributed by atoms with Gasteiger partial charge in [0.25, 0.3) is 0 Å². The van der Waals surface area contributed by atoms with E-state index >= 15 is 0 Å². The van der Waals surface area contributed by atoms with Gasteiger partial charge in [-0.25, -0.2) is 9.07 Å². The van der Waals surface area contributed by atoms with Crippen molar-refractivity contribution in [1.82, 2.24) is 14.8 Å². The summed E-state index contributed by atoms with van der Waals surface area (Å²) < 4.78 is 96.0. The Labute approximate surface area is 182 Å². The van der Waals surface area contributed by atoms with Crippen LogP contribution in [-0.2, 0) is 25.6 Å². The highest BCUT2D eigenvalue weighted by atomic mass is 19.4. The van der Waals surface area contributed by atoms with Crippen LogP contribution in [0.3, 0.4) is 0 Å². The van der Waals surface area contributed by atoms with Crippen LogP contribution < -0.4 is 14.2 Å². The van der Waals surface area contributed by atoms with Crippen molar-refractivity contribution in [2.24, 2.45) is 0 Å². The van der Waals surface area contributed by atoms with Crippen molar-refractivity contribution in [3.63, 3.8) is 0 Å². The summed E-state index contributed by atoms with van der Waals surface area (Å²) in [5.41, 5.74) is -0.412. The van der Waals surface area contributed by atoms with Crippen LogP contribution in [0.25, 0.3) is 5.82 Å². The first-order valence-corrected chi connectivity index (χ1v) is 9.97. The minimum Gasteiger partial charge on any atom is -0.473 e. The summed E-state index contributed by atoms with van der Waals surface area (Å²) in [4.78, 5) is 4.20. The van der Waals surface area contributed by atoms with Crippen LogP contribution in [0.5, 0.6) is 17.4 Å². The molecule has 1 aliphatic carbocycles. The average molecular weight is 471 g/mol. The Morgan fingerprint density at radius 2 is 1.79 bits per heavy atom. The third-order valence-electron chi connectivity index (χ3n) is 5.32. The largest absolute Gasteiger partial charge is 0.586 e. The zero-order chi connectivity index (χ0) is 23.4. The van der Waals surface area contributed by atoms with E-state index in [9.17, 15) is 26.3 Å². The van der Waals surface area contributed by atoms with Crippen LogP contribution in [0.1, 0.15) is 35.4 Å². The number of benzene rings is 1. The van der Waals surface area contributed by atoms with Gasteiger partial charge in [0, 0.05) is 29.0 Å². The Kier molecular flexibility index (Phi) is 4.91.